The molecule has 2 heterocycles. The Morgan fingerprint density at radius 2 is 2.04 bits per heavy atom. The third-order valence-corrected chi connectivity index (χ3v) is 4.80. The van der Waals surface area contributed by atoms with E-state index in [1.54, 1.807) is 24.4 Å². The first-order chi connectivity index (χ1) is 13.6. The van der Waals surface area contributed by atoms with E-state index >= 15 is 0 Å². The monoisotopic (exact) mass is 376 g/mol. The van der Waals surface area contributed by atoms with Crippen LogP contribution in [0.15, 0.2) is 60.8 Å². The number of benzene rings is 2. The molecule has 0 aliphatic carbocycles. The van der Waals surface area contributed by atoms with E-state index < -0.39 is 4.92 Å². The zero-order chi connectivity index (χ0) is 19.7. The highest BCUT2D eigenvalue weighted by atomic mass is 19.1. The number of nitrogens with zero attached hydrogens (tertiary/aromatic N) is 2. The van der Waals surface area contributed by atoms with Crippen molar-refractivity contribution in [1.82, 2.24) is 4.98 Å². The summed E-state index contributed by atoms with van der Waals surface area (Å²) in [4.78, 5) is 15.3. The molecule has 0 saturated heterocycles. The van der Waals surface area contributed by atoms with Crippen molar-refractivity contribution in [3.63, 3.8) is 0 Å². The Balaban J connectivity index is 2.05. The normalized spacial score (nSPS) is 14.4. The summed E-state index contributed by atoms with van der Waals surface area (Å²) in [6, 6.07) is 14.8. The van der Waals surface area contributed by atoms with Gasteiger partial charge in [0.15, 0.2) is 0 Å². The molecule has 0 saturated carbocycles. The molecule has 0 atom stereocenters. The molecule has 0 fully saturated rings. The second kappa shape index (κ2) is 7.23. The summed E-state index contributed by atoms with van der Waals surface area (Å²) in [5.74, 6) is 0.0507. The third kappa shape index (κ3) is 3.13. The Hall–Kier alpha value is -3.54. The summed E-state index contributed by atoms with van der Waals surface area (Å²) >= 11 is 0. The molecule has 1 aromatic heterocycles. The lowest BCUT2D eigenvalue weighted by molar-refractivity contribution is -0.384. The van der Waals surface area contributed by atoms with E-state index in [0.717, 1.165) is 33.5 Å². The average molecular weight is 376 g/mol. The van der Waals surface area contributed by atoms with Crippen LogP contribution in [0.1, 0.15) is 35.7 Å². The lowest BCUT2D eigenvalue weighted by Gasteiger charge is -2.16. The van der Waals surface area contributed by atoms with Crippen LogP contribution in [0, 0.1) is 15.9 Å². The van der Waals surface area contributed by atoms with Crippen molar-refractivity contribution >= 4 is 16.8 Å². The number of aromatic nitrogens is 1. The van der Waals surface area contributed by atoms with Crippen LogP contribution in [0.4, 0.5) is 10.1 Å². The molecule has 0 radical (unpaired) electrons. The highest BCUT2D eigenvalue weighted by molar-refractivity contribution is 6.00. The van der Waals surface area contributed by atoms with Gasteiger partial charge >= 0.3 is 0 Å². The van der Waals surface area contributed by atoms with Crippen molar-refractivity contribution < 1.29 is 14.1 Å². The van der Waals surface area contributed by atoms with Gasteiger partial charge in [-0.05, 0) is 41.3 Å². The minimum absolute atomic E-state index is 0.0275. The summed E-state index contributed by atoms with van der Waals surface area (Å²) in [6.45, 7) is 2.22. The number of non-ortho nitro benzene ring substituents is 1. The molecule has 5 nitrogen and oxygen atoms in total. The fraction of sp³-hybridized carbons (Fsp3) is 0.136. The van der Waals surface area contributed by atoms with Crippen LogP contribution >= 0.6 is 0 Å². The van der Waals surface area contributed by atoms with Gasteiger partial charge in [-0.2, -0.15) is 0 Å². The Bertz CT molecular complexity index is 1110. The van der Waals surface area contributed by atoms with Gasteiger partial charge in [-0.3, -0.25) is 15.1 Å². The number of fused-ring (bicyclic) bond motifs is 2. The maximum absolute atomic E-state index is 13.8. The van der Waals surface area contributed by atoms with E-state index in [9.17, 15) is 14.5 Å². The van der Waals surface area contributed by atoms with E-state index in [0.29, 0.717) is 12.2 Å². The maximum atomic E-state index is 13.8. The van der Waals surface area contributed by atoms with Crippen LogP contribution in [0.5, 0.6) is 5.75 Å². The number of halogens is 1. The molecule has 1 aliphatic heterocycles. The number of allylic oxidation sites excluding steroid dienone is 1. The first-order valence-corrected chi connectivity index (χ1v) is 8.93. The van der Waals surface area contributed by atoms with Crippen LogP contribution in [0.2, 0.25) is 0 Å². The largest absolute Gasteiger partial charge is 0.487 e. The average Bonchev–Trinajstić information content (AvgIpc) is 2.86. The van der Waals surface area contributed by atoms with Gasteiger partial charge in [0.1, 0.15) is 18.2 Å². The van der Waals surface area contributed by atoms with E-state index in [2.05, 4.69) is 4.98 Å². The van der Waals surface area contributed by atoms with Gasteiger partial charge in [0, 0.05) is 35.5 Å². The van der Waals surface area contributed by atoms with E-state index in [-0.39, 0.29) is 18.1 Å². The number of pyridine rings is 1. The minimum atomic E-state index is -0.406. The Morgan fingerprint density at radius 1 is 1.18 bits per heavy atom. The molecule has 0 spiro atoms. The number of nitro benzene ring substituents is 1. The van der Waals surface area contributed by atoms with Crippen LogP contribution < -0.4 is 4.74 Å². The van der Waals surface area contributed by atoms with E-state index in [1.807, 2.05) is 25.1 Å². The topological polar surface area (TPSA) is 65.3 Å². The summed E-state index contributed by atoms with van der Waals surface area (Å²) in [5, 5.41) is 11.2. The quantitative estimate of drug-likeness (QED) is 0.454. The standard InChI is InChI=1S/C22H17FN2O3/c1-2-17(14-5-3-6-16(11-14)25(26)27)22-18-7-4-10-24-20(18)13-28-21-12-15(23)8-9-19(21)22/h3-12H,2,13H2,1H3. The molecule has 2 aromatic carbocycles. The second-order valence-electron chi connectivity index (χ2n) is 6.44. The second-order valence-corrected chi connectivity index (χ2v) is 6.44. The van der Waals surface area contributed by atoms with Crippen LogP contribution in [-0.2, 0) is 6.61 Å². The summed E-state index contributed by atoms with van der Waals surface area (Å²) < 4.78 is 19.7. The summed E-state index contributed by atoms with van der Waals surface area (Å²) in [6.07, 6.45) is 2.32. The molecule has 1 aliphatic rings. The number of hydrogen-bond acceptors (Lipinski definition) is 4. The van der Waals surface area contributed by atoms with Crippen molar-refractivity contribution in [2.24, 2.45) is 0 Å². The first-order valence-electron chi connectivity index (χ1n) is 8.93. The van der Waals surface area contributed by atoms with Crippen LogP contribution in [0.25, 0.3) is 11.1 Å². The van der Waals surface area contributed by atoms with Crippen LogP contribution in [-0.4, -0.2) is 9.91 Å². The molecule has 0 bridgehead atoms. The number of rotatable bonds is 3. The minimum Gasteiger partial charge on any atom is -0.487 e. The van der Waals surface area contributed by atoms with Crippen molar-refractivity contribution in [2.75, 3.05) is 0 Å². The number of hydrogen-bond donors (Lipinski definition) is 0. The molecule has 0 amide bonds. The first kappa shape index (κ1) is 17.9. The zero-order valence-electron chi connectivity index (χ0n) is 15.2. The fourth-order valence-corrected chi connectivity index (χ4v) is 3.55. The van der Waals surface area contributed by atoms with Crippen LogP contribution in [0.3, 0.4) is 0 Å². The Kier molecular flexibility index (Phi) is 4.61. The smallest absolute Gasteiger partial charge is 0.270 e. The van der Waals surface area contributed by atoms with Crippen molar-refractivity contribution in [2.45, 2.75) is 20.0 Å². The Morgan fingerprint density at radius 3 is 2.82 bits per heavy atom. The van der Waals surface area contributed by atoms with Gasteiger partial charge in [-0.15, -0.1) is 0 Å². The zero-order valence-corrected chi connectivity index (χ0v) is 15.2. The molecular formula is C22H17FN2O3. The van der Waals surface area contributed by atoms with Gasteiger partial charge in [0.05, 0.1) is 10.6 Å². The molecule has 28 heavy (non-hydrogen) atoms. The molecule has 0 unspecified atom stereocenters. The van der Waals surface area contributed by atoms with Crippen molar-refractivity contribution in [1.29, 1.82) is 0 Å². The predicted molar refractivity (Wildman–Crippen MR) is 104 cm³/mol. The van der Waals surface area contributed by atoms with Gasteiger partial charge in [-0.25, -0.2) is 4.39 Å². The Labute approximate surface area is 161 Å². The highest BCUT2D eigenvalue weighted by Gasteiger charge is 2.24. The molecule has 6 heteroatoms. The van der Waals surface area contributed by atoms with Gasteiger partial charge in [0.25, 0.3) is 5.69 Å². The number of ether oxygens (including phenoxy) is 1. The fourth-order valence-electron chi connectivity index (χ4n) is 3.55. The lowest BCUT2D eigenvalue weighted by atomic mass is 9.87. The molecule has 3 aromatic rings. The molecule has 4 rings (SSSR count). The summed E-state index contributed by atoms with van der Waals surface area (Å²) in [7, 11) is 0. The third-order valence-electron chi connectivity index (χ3n) is 4.80. The molecule has 0 N–H and O–H groups in total. The summed E-state index contributed by atoms with van der Waals surface area (Å²) in [5.41, 5.74) is 4.92. The van der Waals surface area contributed by atoms with Gasteiger partial charge < -0.3 is 4.74 Å². The maximum Gasteiger partial charge on any atom is 0.270 e. The van der Waals surface area contributed by atoms with E-state index in [1.165, 1.54) is 18.2 Å². The van der Waals surface area contributed by atoms with E-state index in [4.69, 9.17) is 4.74 Å². The highest BCUT2D eigenvalue weighted by Crippen LogP contribution is 2.42. The lowest BCUT2D eigenvalue weighted by Crippen LogP contribution is -2.00. The van der Waals surface area contributed by atoms with Gasteiger partial charge in [0.2, 0.25) is 0 Å². The SMILES string of the molecule is CCC(=C1c2ccc(F)cc2OCc2ncccc21)c1cccc([N+](=O)[O-])c1. The molecule has 140 valence electrons. The van der Waals surface area contributed by atoms with Crippen molar-refractivity contribution in [3.8, 4) is 5.75 Å². The van der Waals surface area contributed by atoms with Crippen molar-refractivity contribution in [3.05, 3.63) is 99.1 Å². The number of nitro groups is 1. The molecular weight excluding hydrogens is 359 g/mol. The van der Waals surface area contributed by atoms with Gasteiger partial charge in [-0.1, -0.05) is 25.1 Å². The predicted octanol–water partition coefficient (Wildman–Crippen LogP) is 5.39.